The van der Waals surface area contributed by atoms with Crippen molar-refractivity contribution in [2.75, 3.05) is 6.61 Å². The van der Waals surface area contributed by atoms with Crippen molar-refractivity contribution in [2.45, 2.75) is 25.9 Å². The molecule has 6 heteroatoms. The third-order valence-electron chi connectivity index (χ3n) is 3.71. The van der Waals surface area contributed by atoms with E-state index in [0.29, 0.717) is 11.1 Å². The van der Waals surface area contributed by atoms with Gasteiger partial charge in [-0.2, -0.15) is 9.78 Å². The van der Waals surface area contributed by atoms with Crippen LogP contribution in [0.15, 0.2) is 54.6 Å². The molecule has 25 heavy (non-hydrogen) atoms. The zero-order valence-electron chi connectivity index (χ0n) is 13.7. The molecule has 1 aliphatic rings. The average Bonchev–Trinajstić information content (AvgIpc) is 3.13. The fourth-order valence-electron chi connectivity index (χ4n) is 2.51. The predicted molar refractivity (Wildman–Crippen MR) is 87.3 cm³/mol. The Morgan fingerprint density at radius 3 is 2.48 bits per heavy atom. The second-order valence-corrected chi connectivity index (χ2v) is 5.41. The molecule has 0 aromatic heterocycles. The number of ketones is 1. The van der Waals surface area contributed by atoms with E-state index in [1.807, 2.05) is 30.3 Å². The van der Waals surface area contributed by atoms with Crippen molar-refractivity contribution in [1.29, 1.82) is 0 Å². The topological polar surface area (TPSA) is 71.1 Å². The number of hydrogen-bond acceptors (Lipinski definition) is 6. The van der Waals surface area contributed by atoms with Gasteiger partial charge in [-0.3, -0.25) is 4.79 Å². The van der Waals surface area contributed by atoms with E-state index in [-0.39, 0.29) is 18.8 Å². The van der Waals surface area contributed by atoms with Crippen LogP contribution in [0, 0.1) is 0 Å². The Kier molecular flexibility index (Phi) is 5.55. The monoisotopic (exact) mass is 342 g/mol. The molecule has 0 saturated carbocycles. The molecule has 2 atom stereocenters. The molecule has 0 amide bonds. The second-order valence-electron chi connectivity index (χ2n) is 5.41. The van der Waals surface area contributed by atoms with Crippen molar-refractivity contribution in [1.82, 2.24) is 0 Å². The number of esters is 1. The molecule has 0 N–H and O–H groups in total. The third-order valence-corrected chi connectivity index (χ3v) is 3.71. The Bertz CT molecular complexity index is 743. The van der Waals surface area contributed by atoms with Gasteiger partial charge in [0.15, 0.2) is 5.78 Å². The predicted octanol–water partition coefficient (Wildman–Crippen LogP) is 2.98. The largest absolute Gasteiger partial charge is 0.462 e. The molecule has 0 radical (unpaired) electrons. The smallest absolute Gasteiger partial charge is 0.366 e. The number of ether oxygens (including phenoxy) is 2. The maximum Gasteiger partial charge on any atom is 0.366 e. The first-order valence-corrected chi connectivity index (χ1v) is 7.99. The summed E-state index contributed by atoms with van der Waals surface area (Å²) < 4.78 is 10.3. The van der Waals surface area contributed by atoms with Crippen LogP contribution in [0.3, 0.4) is 0 Å². The summed E-state index contributed by atoms with van der Waals surface area (Å²) in [6.45, 7) is 1.91. The first-order valence-electron chi connectivity index (χ1n) is 7.99. The van der Waals surface area contributed by atoms with Crippen LogP contribution >= 0.6 is 0 Å². The molecule has 0 aliphatic carbocycles. The zero-order valence-corrected chi connectivity index (χ0v) is 13.7. The molecule has 1 saturated heterocycles. The van der Waals surface area contributed by atoms with E-state index in [4.69, 9.17) is 19.2 Å². The van der Waals surface area contributed by atoms with Crippen molar-refractivity contribution in [3.8, 4) is 0 Å². The lowest BCUT2D eigenvalue weighted by Gasteiger charge is -2.13. The fraction of sp³-hybridized carbons (Fsp3) is 0.263. The van der Waals surface area contributed by atoms with Crippen LogP contribution in [0.4, 0.5) is 0 Å². The highest BCUT2D eigenvalue weighted by Gasteiger charge is 2.36. The van der Waals surface area contributed by atoms with Gasteiger partial charge in [0.2, 0.25) is 6.29 Å². The number of carbonyl (C=O) groups is 2. The molecular formula is C19H18O6. The summed E-state index contributed by atoms with van der Waals surface area (Å²) in [5, 5.41) is 0. The third kappa shape index (κ3) is 4.11. The number of hydrogen-bond donors (Lipinski definition) is 0. The number of benzene rings is 2. The van der Waals surface area contributed by atoms with Crippen LogP contribution in [-0.4, -0.2) is 24.6 Å². The molecule has 6 nitrogen and oxygen atoms in total. The standard InChI is InChI=1S/C19H18O6/c1-2-22-17(21)19-23-18(24-25-19)15-11-7-6-10-14(15)12-16(20)13-8-4-3-5-9-13/h3-11,18-19H,2,12H2,1H3. The Morgan fingerprint density at radius 2 is 1.72 bits per heavy atom. The van der Waals surface area contributed by atoms with Gasteiger partial charge >= 0.3 is 5.97 Å². The molecule has 1 aliphatic heterocycles. The number of rotatable bonds is 6. The van der Waals surface area contributed by atoms with E-state index in [0.717, 1.165) is 5.56 Å². The van der Waals surface area contributed by atoms with E-state index >= 15 is 0 Å². The Labute approximate surface area is 145 Å². The maximum absolute atomic E-state index is 12.5. The Morgan fingerprint density at radius 1 is 1.00 bits per heavy atom. The SMILES string of the molecule is CCOC(=O)C1OOC(c2ccccc2CC(=O)c2ccccc2)O1. The van der Waals surface area contributed by atoms with Crippen LogP contribution in [0.2, 0.25) is 0 Å². The molecule has 1 fully saturated rings. The average molecular weight is 342 g/mol. The summed E-state index contributed by atoms with van der Waals surface area (Å²) in [7, 11) is 0. The van der Waals surface area contributed by atoms with E-state index < -0.39 is 18.5 Å². The minimum atomic E-state index is -1.23. The first kappa shape index (κ1) is 17.3. The van der Waals surface area contributed by atoms with Crippen molar-refractivity contribution in [2.24, 2.45) is 0 Å². The Hall–Kier alpha value is -2.54. The minimum absolute atomic E-state index is 0.0195. The molecule has 0 bridgehead atoms. The van der Waals surface area contributed by atoms with Gasteiger partial charge in [0.05, 0.1) is 6.61 Å². The summed E-state index contributed by atoms with van der Waals surface area (Å²) in [4.78, 5) is 34.1. The van der Waals surface area contributed by atoms with Gasteiger partial charge in [0, 0.05) is 17.5 Å². The molecule has 2 aromatic rings. The van der Waals surface area contributed by atoms with Gasteiger partial charge in [0.1, 0.15) is 0 Å². The van der Waals surface area contributed by atoms with E-state index in [2.05, 4.69) is 0 Å². The quantitative estimate of drug-likeness (QED) is 0.457. The molecule has 3 rings (SSSR count). The van der Waals surface area contributed by atoms with Crippen LogP contribution in [0.1, 0.15) is 34.7 Å². The lowest BCUT2D eigenvalue weighted by atomic mass is 9.98. The fourth-order valence-corrected chi connectivity index (χ4v) is 2.51. The molecule has 2 unspecified atom stereocenters. The summed E-state index contributed by atoms with van der Waals surface area (Å²) in [6, 6.07) is 16.3. The normalized spacial score (nSPS) is 19.6. The van der Waals surface area contributed by atoms with Crippen LogP contribution < -0.4 is 0 Å². The summed E-state index contributed by atoms with van der Waals surface area (Å²) >= 11 is 0. The van der Waals surface area contributed by atoms with Crippen LogP contribution in [-0.2, 0) is 30.5 Å². The molecular weight excluding hydrogens is 324 g/mol. The molecule has 0 spiro atoms. The highest BCUT2D eigenvalue weighted by Crippen LogP contribution is 2.31. The maximum atomic E-state index is 12.5. The Balaban J connectivity index is 1.74. The van der Waals surface area contributed by atoms with E-state index in [9.17, 15) is 9.59 Å². The van der Waals surface area contributed by atoms with Gasteiger partial charge in [-0.1, -0.05) is 54.6 Å². The first-order chi connectivity index (χ1) is 12.2. The van der Waals surface area contributed by atoms with Gasteiger partial charge < -0.3 is 9.47 Å². The number of Topliss-reactive ketones (excluding diaryl/α,β-unsaturated/α-hetero) is 1. The van der Waals surface area contributed by atoms with Crippen LogP contribution in [0.25, 0.3) is 0 Å². The second kappa shape index (κ2) is 8.02. The van der Waals surface area contributed by atoms with Gasteiger partial charge in [-0.05, 0) is 12.5 Å². The van der Waals surface area contributed by atoms with Crippen LogP contribution in [0.5, 0.6) is 0 Å². The lowest BCUT2D eigenvalue weighted by Crippen LogP contribution is -2.24. The van der Waals surface area contributed by atoms with E-state index in [1.54, 1.807) is 31.2 Å². The van der Waals surface area contributed by atoms with Crippen molar-refractivity contribution < 1.29 is 28.8 Å². The summed E-state index contributed by atoms with van der Waals surface area (Å²) in [6.07, 6.45) is -1.94. The molecule has 1 heterocycles. The van der Waals surface area contributed by atoms with Crippen molar-refractivity contribution in [3.63, 3.8) is 0 Å². The molecule has 2 aromatic carbocycles. The highest BCUT2D eigenvalue weighted by molar-refractivity contribution is 5.97. The van der Waals surface area contributed by atoms with Crippen molar-refractivity contribution in [3.05, 3.63) is 71.3 Å². The van der Waals surface area contributed by atoms with Gasteiger partial charge in [-0.25, -0.2) is 4.79 Å². The van der Waals surface area contributed by atoms with E-state index in [1.165, 1.54) is 0 Å². The lowest BCUT2D eigenvalue weighted by molar-refractivity contribution is -0.297. The molecule has 130 valence electrons. The zero-order chi connectivity index (χ0) is 17.6. The summed E-state index contributed by atoms with van der Waals surface area (Å²) in [5.74, 6) is -0.670. The van der Waals surface area contributed by atoms with Gasteiger partial charge in [0.25, 0.3) is 6.29 Å². The van der Waals surface area contributed by atoms with Crippen molar-refractivity contribution >= 4 is 11.8 Å². The number of carbonyl (C=O) groups excluding carboxylic acids is 2. The summed E-state index contributed by atoms with van der Waals surface area (Å²) in [5.41, 5.74) is 2.01. The van der Waals surface area contributed by atoms with Gasteiger partial charge in [-0.15, -0.1) is 0 Å². The highest BCUT2D eigenvalue weighted by atomic mass is 17.3. The minimum Gasteiger partial charge on any atom is -0.462 e.